The zero-order chi connectivity index (χ0) is 22.0. The number of anilines is 1. The Balaban J connectivity index is 1.66. The van der Waals surface area contributed by atoms with Crippen molar-refractivity contribution in [2.45, 2.75) is 24.1 Å². The third-order valence-electron chi connectivity index (χ3n) is 5.07. The Kier molecular flexibility index (Phi) is 5.61. The lowest BCUT2D eigenvalue weighted by atomic mass is 10.2. The first-order valence-electron chi connectivity index (χ1n) is 9.74. The van der Waals surface area contributed by atoms with Crippen LogP contribution in [0.2, 0.25) is 0 Å². The minimum atomic E-state index is -3.76. The van der Waals surface area contributed by atoms with Gasteiger partial charge in [-0.2, -0.15) is 0 Å². The molecule has 31 heavy (non-hydrogen) atoms. The highest BCUT2D eigenvalue weighted by Crippen LogP contribution is 2.28. The van der Waals surface area contributed by atoms with Gasteiger partial charge in [0.05, 0.1) is 10.6 Å². The number of sulfone groups is 1. The maximum Gasteiger partial charge on any atom is 0.244 e. The van der Waals surface area contributed by atoms with E-state index in [1.807, 2.05) is 31.2 Å². The largest absolute Gasteiger partial charge is 0.337 e. The molecule has 4 rings (SSSR count). The van der Waals surface area contributed by atoms with E-state index in [9.17, 15) is 17.6 Å². The van der Waals surface area contributed by atoms with E-state index < -0.39 is 15.7 Å². The quantitative estimate of drug-likeness (QED) is 0.476. The molecule has 158 valence electrons. The number of halogens is 1. The van der Waals surface area contributed by atoms with Crippen molar-refractivity contribution in [3.63, 3.8) is 0 Å². The van der Waals surface area contributed by atoms with E-state index in [-0.39, 0.29) is 23.1 Å². The van der Waals surface area contributed by atoms with Gasteiger partial charge in [0, 0.05) is 22.8 Å². The Morgan fingerprint density at radius 1 is 1.00 bits per heavy atom. The molecule has 1 N–H and O–H groups in total. The lowest BCUT2D eigenvalue weighted by Gasteiger charge is -2.09. The minimum Gasteiger partial charge on any atom is -0.337 e. The molecule has 0 bridgehead atoms. The molecule has 0 saturated heterocycles. The average molecular weight is 437 g/mol. The van der Waals surface area contributed by atoms with Crippen LogP contribution >= 0.6 is 0 Å². The Bertz CT molecular complexity index is 1380. The number of rotatable bonds is 6. The Morgan fingerprint density at radius 2 is 1.74 bits per heavy atom. The third-order valence-corrected chi connectivity index (χ3v) is 6.77. The summed E-state index contributed by atoms with van der Waals surface area (Å²) in [4.78, 5) is 12.8. The third kappa shape index (κ3) is 4.51. The van der Waals surface area contributed by atoms with E-state index in [1.165, 1.54) is 24.4 Å². The number of hydrogen-bond acceptors (Lipinski definition) is 3. The molecule has 0 radical (unpaired) electrons. The van der Waals surface area contributed by atoms with Gasteiger partial charge < -0.3 is 9.88 Å². The summed E-state index contributed by atoms with van der Waals surface area (Å²) in [6.07, 6.45) is 1.48. The standard InChI is InChI=1S/C24H21FN2O3S/c1-17-7-2-4-11-21(17)26-24(28)15-27-14-23(20-10-3-5-12-22(20)27)31(29,30)16-18-8-6-9-19(25)13-18/h2-14H,15-16H2,1H3,(H,26,28). The van der Waals surface area contributed by atoms with Gasteiger partial charge in [-0.05, 0) is 42.3 Å². The van der Waals surface area contributed by atoms with Gasteiger partial charge in [0.1, 0.15) is 12.4 Å². The SMILES string of the molecule is Cc1ccccc1NC(=O)Cn1cc(S(=O)(=O)Cc2cccc(F)c2)c2ccccc21. The lowest BCUT2D eigenvalue weighted by molar-refractivity contribution is -0.116. The molecule has 0 aliphatic carbocycles. The van der Waals surface area contributed by atoms with Gasteiger partial charge >= 0.3 is 0 Å². The van der Waals surface area contributed by atoms with Gasteiger partial charge in [-0.15, -0.1) is 0 Å². The average Bonchev–Trinajstić information content (AvgIpc) is 3.09. The molecule has 0 atom stereocenters. The number of fused-ring (bicyclic) bond motifs is 1. The molecule has 4 aromatic rings. The predicted octanol–water partition coefficient (Wildman–Crippen LogP) is 4.70. The Labute approximate surface area is 180 Å². The van der Waals surface area contributed by atoms with Crippen LogP contribution < -0.4 is 5.32 Å². The summed E-state index contributed by atoms with van der Waals surface area (Å²) in [5, 5.41) is 3.40. The van der Waals surface area contributed by atoms with E-state index in [2.05, 4.69) is 5.32 Å². The molecule has 3 aromatic carbocycles. The number of amides is 1. The number of nitrogens with zero attached hydrogens (tertiary/aromatic N) is 1. The van der Waals surface area contributed by atoms with E-state index in [0.29, 0.717) is 22.2 Å². The van der Waals surface area contributed by atoms with E-state index in [4.69, 9.17) is 0 Å². The van der Waals surface area contributed by atoms with E-state index >= 15 is 0 Å². The summed E-state index contributed by atoms with van der Waals surface area (Å²) in [5.41, 5.74) is 2.66. The Morgan fingerprint density at radius 3 is 2.52 bits per heavy atom. The molecule has 0 aliphatic rings. The van der Waals surface area contributed by atoms with Gasteiger partial charge in [0.15, 0.2) is 9.84 Å². The number of aromatic nitrogens is 1. The van der Waals surface area contributed by atoms with Crippen LogP contribution in [0.15, 0.2) is 83.9 Å². The van der Waals surface area contributed by atoms with Gasteiger partial charge in [-0.3, -0.25) is 4.79 Å². The molecule has 7 heteroatoms. The van der Waals surface area contributed by atoms with Crippen LogP contribution in [0.5, 0.6) is 0 Å². The molecule has 0 aliphatic heterocycles. The maximum absolute atomic E-state index is 13.5. The van der Waals surface area contributed by atoms with Crippen LogP contribution in [0.25, 0.3) is 10.9 Å². The first-order valence-corrected chi connectivity index (χ1v) is 11.4. The van der Waals surface area contributed by atoms with Crippen molar-refractivity contribution < 1.29 is 17.6 Å². The van der Waals surface area contributed by atoms with Crippen LogP contribution in [-0.4, -0.2) is 18.9 Å². The van der Waals surface area contributed by atoms with E-state index in [0.717, 1.165) is 5.56 Å². The van der Waals surface area contributed by atoms with Crippen molar-refractivity contribution in [1.29, 1.82) is 0 Å². The number of para-hydroxylation sites is 2. The fraction of sp³-hybridized carbons (Fsp3) is 0.125. The van der Waals surface area contributed by atoms with Gasteiger partial charge in [0.2, 0.25) is 5.91 Å². The molecule has 1 heterocycles. The first-order chi connectivity index (χ1) is 14.8. The van der Waals surface area contributed by atoms with Crippen LogP contribution in [0.3, 0.4) is 0 Å². The normalized spacial score (nSPS) is 11.5. The second-order valence-corrected chi connectivity index (χ2v) is 9.35. The zero-order valence-electron chi connectivity index (χ0n) is 16.9. The molecule has 5 nitrogen and oxygen atoms in total. The Hall–Kier alpha value is -3.45. The van der Waals surface area contributed by atoms with Crippen LogP contribution in [0.1, 0.15) is 11.1 Å². The van der Waals surface area contributed by atoms with Crippen molar-refractivity contribution in [3.8, 4) is 0 Å². The summed E-state index contributed by atoms with van der Waals surface area (Å²) < 4.78 is 41.4. The van der Waals surface area contributed by atoms with Crippen LogP contribution in [-0.2, 0) is 26.9 Å². The molecule has 0 unspecified atom stereocenters. The summed E-state index contributed by atoms with van der Waals surface area (Å²) >= 11 is 0. The second-order valence-electron chi connectivity index (χ2n) is 7.39. The van der Waals surface area contributed by atoms with Crippen molar-refractivity contribution in [2.75, 3.05) is 5.32 Å². The minimum absolute atomic E-state index is 0.0374. The molecule has 1 aromatic heterocycles. The summed E-state index contributed by atoms with van der Waals surface area (Å²) in [7, 11) is -3.76. The fourth-order valence-electron chi connectivity index (χ4n) is 3.57. The van der Waals surface area contributed by atoms with Crippen molar-refractivity contribution in [3.05, 3.63) is 95.9 Å². The lowest BCUT2D eigenvalue weighted by Crippen LogP contribution is -2.18. The molecule has 0 fully saturated rings. The smallest absolute Gasteiger partial charge is 0.244 e. The highest BCUT2D eigenvalue weighted by molar-refractivity contribution is 7.90. The van der Waals surface area contributed by atoms with Gasteiger partial charge in [-0.1, -0.05) is 48.5 Å². The fourth-order valence-corrected chi connectivity index (χ4v) is 5.14. The van der Waals surface area contributed by atoms with E-state index in [1.54, 1.807) is 34.9 Å². The highest BCUT2D eigenvalue weighted by atomic mass is 32.2. The van der Waals surface area contributed by atoms with Crippen LogP contribution in [0, 0.1) is 12.7 Å². The zero-order valence-corrected chi connectivity index (χ0v) is 17.7. The monoisotopic (exact) mass is 436 g/mol. The molecule has 1 amide bonds. The van der Waals surface area contributed by atoms with Gasteiger partial charge in [-0.25, -0.2) is 12.8 Å². The second kappa shape index (κ2) is 8.35. The van der Waals surface area contributed by atoms with Crippen molar-refractivity contribution in [2.24, 2.45) is 0 Å². The number of aryl methyl sites for hydroxylation is 1. The molecule has 0 spiro atoms. The first kappa shape index (κ1) is 20.8. The molecular weight excluding hydrogens is 415 g/mol. The topological polar surface area (TPSA) is 68.2 Å². The predicted molar refractivity (Wildman–Crippen MR) is 119 cm³/mol. The number of nitrogens with one attached hydrogen (secondary N) is 1. The summed E-state index contributed by atoms with van der Waals surface area (Å²) in [5.74, 6) is -1.07. The van der Waals surface area contributed by atoms with Crippen LogP contribution in [0.4, 0.5) is 10.1 Å². The summed E-state index contributed by atoms with van der Waals surface area (Å²) in [6, 6.07) is 20.0. The number of benzene rings is 3. The number of carbonyl (C=O) groups is 1. The van der Waals surface area contributed by atoms with Crippen molar-refractivity contribution >= 4 is 32.3 Å². The molecule has 0 saturated carbocycles. The highest BCUT2D eigenvalue weighted by Gasteiger charge is 2.22. The number of hydrogen-bond donors (Lipinski definition) is 1. The molecular formula is C24H21FN2O3S. The van der Waals surface area contributed by atoms with Crippen molar-refractivity contribution in [1.82, 2.24) is 4.57 Å². The van der Waals surface area contributed by atoms with Gasteiger partial charge in [0.25, 0.3) is 0 Å². The maximum atomic E-state index is 13.5. The summed E-state index contributed by atoms with van der Waals surface area (Å²) in [6.45, 7) is 1.86. The number of carbonyl (C=O) groups excluding carboxylic acids is 1.